The summed E-state index contributed by atoms with van der Waals surface area (Å²) in [7, 11) is 0. The average molecular weight is 311 g/mol. The molecule has 3 nitrogen and oxygen atoms in total. The molecule has 1 heterocycles. The lowest BCUT2D eigenvalue weighted by Crippen LogP contribution is -2.33. The predicted octanol–water partition coefficient (Wildman–Crippen LogP) is 3.74. The zero-order valence-electron chi connectivity index (χ0n) is 10.6. The molecule has 6 heteroatoms. The van der Waals surface area contributed by atoms with Crippen molar-refractivity contribution < 1.29 is 9.18 Å². The Morgan fingerprint density at radius 3 is 2.90 bits per heavy atom. The van der Waals surface area contributed by atoms with Crippen molar-refractivity contribution in [2.75, 3.05) is 0 Å². The minimum absolute atomic E-state index is 0.159. The Morgan fingerprint density at radius 2 is 2.30 bits per heavy atom. The molecule has 0 aliphatic heterocycles. The van der Waals surface area contributed by atoms with Crippen LogP contribution in [0.3, 0.4) is 0 Å². The summed E-state index contributed by atoms with van der Waals surface area (Å²) >= 11 is 7.41. The first-order valence-corrected chi connectivity index (χ1v) is 7.61. The Morgan fingerprint density at radius 1 is 1.50 bits per heavy atom. The standard InChI is InChI=1S/C14H12ClFN2OS/c15-11-2-1-3-12(16)10(11)6-18(9-4-5-9)14(19)13-7-20-8-17-13/h1-3,7-9H,4-6H2. The van der Waals surface area contributed by atoms with Gasteiger partial charge in [-0.05, 0) is 25.0 Å². The van der Waals surface area contributed by atoms with E-state index in [1.165, 1.54) is 17.4 Å². The van der Waals surface area contributed by atoms with Crippen LogP contribution in [0.25, 0.3) is 0 Å². The number of rotatable bonds is 4. The van der Waals surface area contributed by atoms with Gasteiger partial charge in [0.1, 0.15) is 11.5 Å². The zero-order chi connectivity index (χ0) is 14.1. The minimum Gasteiger partial charge on any atom is -0.330 e. The number of nitrogens with zero attached hydrogens (tertiary/aromatic N) is 2. The van der Waals surface area contributed by atoms with Crippen LogP contribution in [0.5, 0.6) is 0 Å². The monoisotopic (exact) mass is 310 g/mol. The molecule has 20 heavy (non-hydrogen) atoms. The fraction of sp³-hybridized carbons (Fsp3) is 0.286. The number of halogens is 2. The van der Waals surface area contributed by atoms with E-state index in [2.05, 4.69) is 4.98 Å². The van der Waals surface area contributed by atoms with Crippen molar-refractivity contribution in [2.45, 2.75) is 25.4 Å². The summed E-state index contributed by atoms with van der Waals surface area (Å²) in [6, 6.07) is 4.72. The first kappa shape index (κ1) is 13.5. The van der Waals surface area contributed by atoms with Gasteiger partial charge in [-0.25, -0.2) is 9.37 Å². The first-order chi connectivity index (χ1) is 9.66. The average Bonchev–Trinajstić information content (AvgIpc) is 3.11. The third kappa shape index (κ3) is 2.69. The molecule has 1 aromatic carbocycles. The second kappa shape index (κ2) is 5.50. The number of thiazole rings is 1. The topological polar surface area (TPSA) is 33.2 Å². The highest BCUT2D eigenvalue weighted by molar-refractivity contribution is 7.07. The van der Waals surface area contributed by atoms with E-state index >= 15 is 0 Å². The number of benzene rings is 1. The van der Waals surface area contributed by atoms with Gasteiger partial charge in [0.2, 0.25) is 0 Å². The van der Waals surface area contributed by atoms with Crippen molar-refractivity contribution in [1.29, 1.82) is 0 Å². The summed E-state index contributed by atoms with van der Waals surface area (Å²) in [5, 5.41) is 2.06. The largest absolute Gasteiger partial charge is 0.330 e. The molecule has 1 fully saturated rings. The van der Waals surface area contributed by atoms with Crippen molar-refractivity contribution in [1.82, 2.24) is 9.88 Å². The number of amides is 1. The fourth-order valence-corrected chi connectivity index (χ4v) is 2.82. The van der Waals surface area contributed by atoms with Crippen molar-refractivity contribution >= 4 is 28.8 Å². The van der Waals surface area contributed by atoms with Gasteiger partial charge in [0, 0.05) is 22.0 Å². The maximum atomic E-state index is 13.9. The van der Waals surface area contributed by atoms with Crippen LogP contribution in [0, 0.1) is 5.82 Å². The van der Waals surface area contributed by atoms with Gasteiger partial charge in [-0.1, -0.05) is 17.7 Å². The molecule has 0 spiro atoms. The Balaban J connectivity index is 1.87. The molecule has 1 amide bonds. The highest BCUT2D eigenvalue weighted by Crippen LogP contribution is 2.31. The molecule has 1 saturated carbocycles. The van der Waals surface area contributed by atoms with Crippen LogP contribution in [0.1, 0.15) is 28.9 Å². The highest BCUT2D eigenvalue weighted by atomic mass is 35.5. The van der Waals surface area contributed by atoms with Gasteiger partial charge in [0.25, 0.3) is 5.91 Å². The summed E-state index contributed by atoms with van der Waals surface area (Å²) in [6.45, 7) is 0.187. The first-order valence-electron chi connectivity index (χ1n) is 6.29. The quantitative estimate of drug-likeness (QED) is 0.862. The van der Waals surface area contributed by atoms with E-state index in [9.17, 15) is 9.18 Å². The summed E-state index contributed by atoms with van der Waals surface area (Å²) in [5.74, 6) is -0.540. The van der Waals surface area contributed by atoms with Crippen LogP contribution >= 0.6 is 22.9 Å². The smallest absolute Gasteiger partial charge is 0.273 e. The van der Waals surface area contributed by atoms with Gasteiger partial charge < -0.3 is 4.90 Å². The summed E-state index contributed by atoms with van der Waals surface area (Å²) < 4.78 is 13.9. The van der Waals surface area contributed by atoms with Gasteiger partial charge in [-0.2, -0.15) is 0 Å². The fourth-order valence-electron chi connectivity index (χ4n) is 2.07. The third-order valence-corrected chi connectivity index (χ3v) is 4.23. The molecule has 0 saturated heterocycles. The number of hydrogen-bond donors (Lipinski definition) is 0. The van der Waals surface area contributed by atoms with Crippen LogP contribution in [0.2, 0.25) is 5.02 Å². The molecule has 1 aliphatic carbocycles. The maximum absolute atomic E-state index is 13.9. The number of aromatic nitrogens is 1. The van der Waals surface area contributed by atoms with Crippen LogP contribution in [0.4, 0.5) is 4.39 Å². The van der Waals surface area contributed by atoms with Gasteiger partial charge in [0.15, 0.2) is 0 Å². The highest BCUT2D eigenvalue weighted by Gasteiger charge is 2.34. The minimum atomic E-state index is -0.380. The molecule has 0 atom stereocenters. The van der Waals surface area contributed by atoms with Crippen molar-refractivity contribution in [2.24, 2.45) is 0 Å². The van der Waals surface area contributed by atoms with Crippen molar-refractivity contribution in [3.05, 3.63) is 51.2 Å². The number of carbonyl (C=O) groups is 1. The Labute approximate surface area is 125 Å². The van der Waals surface area contributed by atoms with Crippen LogP contribution < -0.4 is 0 Å². The van der Waals surface area contributed by atoms with Crippen molar-refractivity contribution in [3.8, 4) is 0 Å². The molecular weight excluding hydrogens is 299 g/mol. The molecule has 2 aromatic rings. The molecular formula is C14H12ClFN2OS. The van der Waals surface area contributed by atoms with E-state index in [-0.39, 0.29) is 24.3 Å². The Hall–Kier alpha value is -1.46. The lowest BCUT2D eigenvalue weighted by molar-refractivity contribution is 0.0723. The SMILES string of the molecule is O=C(c1cscn1)N(Cc1c(F)cccc1Cl)C1CC1. The van der Waals surface area contributed by atoms with E-state index in [4.69, 9.17) is 11.6 Å². The lowest BCUT2D eigenvalue weighted by Gasteiger charge is -2.22. The second-order valence-corrected chi connectivity index (χ2v) is 5.86. The zero-order valence-corrected chi connectivity index (χ0v) is 12.1. The van der Waals surface area contributed by atoms with E-state index in [0.29, 0.717) is 16.3 Å². The molecule has 3 rings (SSSR count). The van der Waals surface area contributed by atoms with Gasteiger partial charge in [-0.15, -0.1) is 11.3 Å². The Kier molecular flexibility index (Phi) is 3.72. The summed E-state index contributed by atoms with van der Waals surface area (Å²) in [4.78, 5) is 18.1. The molecule has 0 bridgehead atoms. The third-order valence-electron chi connectivity index (χ3n) is 3.29. The van der Waals surface area contributed by atoms with Gasteiger partial charge in [0.05, 0.1) is 12.1 Å². The second-order valence-electron chi connectivity index (χ2n) is 4.74. The maximum Gasteiger partial charge on any atom is 0.273 e. The molecule has 0 unspecified atom stereocenters. The van der Waals surface area contributed by atoms with E-state index in [1.54, 1.807) is 27.9 Å². The molecule has 104 valence electrons. The lowest BCUT2D eigenvalue weighted by atomic mass is 10.2. The van der Waals surface area contributed by atoms with Crippen LogP contribution in [0.15, 0.2) is 29.1 Å². The molecule has 1 aromatic heterocycles. The molecule has 0 radical (unpaired) electrons. The number of hydrogen-bond acceptors (Lipinski definition) is 3. The normalized spacial score (nSPS) is 14.3. The molecule has 0 N–H and O–H groups in total. The van der Waals surface area contributed by atoms with E-state index in [0.717, 1.165) is 12.8 Å². The predicted molar refractivity (Wildman–Crippen MR) is 76.4 cm³/mol. The van der Waals surface area contributed by atoms with Crippen LogP contribution in [-0.4, -0.2) is 21.8 Å². The van der Waals surface area contributed by atoms with Gasteiger partial charge >= 0.3 is 0 Å². The summed E-state index contributed by atoms with van der Waals surface area (Å²) in [5.41, 5.74) is 2.40. The summed E-state index contributed by atoms with van der Waals surface area (Å²) in [6.07, 6.45) is 1.89. The Bertz CT molecular complexity index is 608. The van der Waals surface area contributed by atoms with Gasteiger partial charge in [-0.3, -0.25) is 4.79 Å². The number of carbonyl (C=O) groups excluding carboxylic acids is 1. The van der Waals surface area contributed by atoms with Crippen molar-refractivity contribution in [3.63, 3.8) is 0 Å². The van der Waals surface area contributed by atoms with E-state index in [1.807, 2.05) is 0 Å². The van der Waals surface area contributed by atoms with E-state index < -0.39 is 0 Å². The molecule has 1 aliphatic rings. The van der Waals surface area contributed by atoms with Crippen LogP contribution in [-0.2, 0) is 6.54 Å².